The third kappa shape index (κ3) is 3.62. The lowest BCUT2D eigenvalue weighted by Gasteiger charge is -2.13. The van der Waals surface area contributed by atoms with E-state index in [2.05, 4.69) is 42.1 Å². The molecule has 0 N–H and O–H groups in total. The van der Waals surface area contributed by atoms with Gasteiger partial charge in [-0.05, 0) is 49.3 Å². The molecular formula is C21H22ClNO2. The van der Waals surface area contributed by atoms with Gasteiger partial charge >= 0.3 is 5.63 Å². The second kappa shape index (κ2) is 7.40. The first kappa shape index (κ1) is 17.7. The van der Waals surface area contributed by atoms with Crippen LogP contribution >= 0.6 is 0 Å². The topological polar surface area (TPSA) is 34.1 Å². The van der Waals surface area contributed by atoms with Crippen molar-refractivity contribution in [2.24, 2.45) is 0 Å². The third-order valence-corrected chi connectivity index (χ3v) is 5.00. The van der Waals surface area contributed by atoms with Crippen molar-refractivity contribution in [2.45, 2.75) is 45.6 Å². The Morgan fingerprint density at radius 3 is 2.68 bits per heavy atom. The lowest BCUT2D eigenvalue weighted by molar-refractivity contribution is -0.688. The van der Waals surface area contributed by atoms with E-state index in [1.807, 2.05) is 6.07 Å². The Kier molecular flexibility index (Phi) is 5.24. The molecule has 4 rings (SSSR count). The first-order valence-corrected chi connectivity index (χ1v) is 8.79. The van der Waals surface area contributed by atoms with Crippen molar-refractivity contribution >= 4 is 11.0 Å². The highest BCUT2D eigenvalue weighted by molar-refractivity contribution is 5.80. The van der Waals surface area contributed by atoms with E-state index in [0.717, 1.165) is 23.8 Å². The molecule has 0 spiro atoms. The molecule has 0 amide bonds. The van der Waals surface area contributed by atoms with Crippen LogP contribution in [-0.4, -0.2) is 0 Å². The highest BCUT2D eigenvalue weighted by atomic mass is 35.5. The number of nitrogens with zero attached hydrogens (tertiary/aromatic N) is 1. The Balaban J connectivity index is 0.00000182. The zero-order valence-corrected chi connectivity index (χ0v) is 15.2. The highest BCUT2D eigenvalue weighted by Crippen LogP contribution is 2.21. The average Bonchev–Trinajstić information content (AvgIpc) is 2.61. The van der Waals surface area contributed by atoms with E-state index in [-0.39, 0.29) is 18.0 Å². The van der Waals surface area contributed by atoms with Crippen LogP contribution in [0.2, 0.25) is 0 Å². The summed E-state index contributed by atoms with van der Waals surface area (Å²) in [4.78, 5) is 12.0. The SMILES string of the molecule is CCc1ccc2c(C[n+]3ccc4c(c3)CCCC4)cc(=O)oc2c1.[Cl-]. The lowest BCUT2D eigenvalue weighted by atomic mass is 9.93. The molecule has 3 aromatic rings. The molecule has 0 radical (unpaired) electrons. The average molecular weight is 356 g/mol. The highest BCUT2D eigenvalue weighted by Gasteiger charge is 2.15. The zero-order chi connectivity index (χ0) is 16.5. The number of halogens is 1. The third-order valence-electron chi connectivity index (χ3n) is 5.00. The molecule has 1 aliphatic carbocycles. The van der Waals surface area contributed by atoms with E-state index in [1.54, 1.807) is 6.07 Å². The normalized spacial score (nSPS) is 13.3. The molecule has 4 heteroatoms. The molecule has 2 aromatic heterocycles. The van der Waals surface area contributed by atoms with Gasteiger partial charge in [0.05, 0.1) is 0 Å². The fourth-order valence-electron chi connectivity index (χ4n) is 3.64. The van der Waals surface area contributed by atoms with Gasteiger partial charge in [0.2, 0.25) is 0 Å². The first-order chi connectivity index (χ1) is 11.7. The van der Waals surface area contributed by atoms with Gasteiger partial charge < -0.3 is 16.8 Å². The summed E-state index contributed by atoms with van der Waals surface area (Å²) in [7, 11) is 0. The van der Waals surface area contributed by atoms with Gasteiger partial charge in [-0.25, -0.2) is 9.36 Å². The van der Waals surface area contributed by atoms with Gasteiger partial charge in [-0.1, -0.05) is 19.1 Å². The van der Waals surface area contributed by atoms with Gasteiger partial charge in [0.1, 0.15) is 5.58 Å². The molecule has 1 aromatic carbocycles. The van der Waals surface area contributed by atoms with Crippen LogP contribution in [0.15, 0.2) is 51.9 Å². The molecule has 0 atom stereocenters. The summed E-state index contributed by atoms with van der Waals surface area (Å²) < 4.78 is 7.59. The minimum absolute atomic E-state index is 0. The summed E-state index contributed by atoms with van der Waals surface area (Å²) in [6.45, 7) is 2.80. The molecule has 0 saturated heterocycles. The molecule has 3 nitrogen and oxygen atoms in total. The van der Waals surface area contributed by atoms with E-state index in [9.17, 15) is 4.79 Å². The molecule has 0 bridgehead atoms. The summed E-state index contributed by atoms with van der Waals surface area (Å²) in [6.07, 6.45) is 10.2. The zero-order valence-electron chi connectivity index (χ0n) is 14.4. The van der Waals surface area contributed by atoms with Crippen LogP contribution < -0.4 is 22.6 Å². The number of hydrogen-bond donors (Lipinski definition) is 0. The second-order valence-electron chi connectivity index (χ2n) is 6.65. The Morgan fingerprint density at radius 2 is 1.88 bits per heavy atom. The van der Waals surface area contributed by atoms with Crippen LogP contribution in [0.4, 0.5) is 0 Å². The Morgan fingerprint density at radius 1 is 1.08 bits per heavy atom. The molecule has 1 aliphatic rings. The van der Waals surface area contributed by atoms with Gasteiger partial charge in [0.25, 0.3) is 0 Å². The van der Waals surface area contributed by atoms with Crippen molar-refractivity contribution in [3.63, 3.8) is 0 Å². The van der Waals surface area contributed by atoms with Gasteiger partial charge in [0, 0.05) is 28.6 Å². The number of aryl methyl sites for hydroxylation is 3. The van der Waals surface area contributed by atoms with Crippen molar-refractivity contribution in [2.75, 3.05) is 0 Å². The van der Waals surface area contributed by atoms with Crippen molar-refractivity contribution in [1.82, 2.24) is 0 Å². The number of fused-ring (bicyclic) bond motifs is 2. The van der Waals surface area contributed by atoms with Crippen molar-refractivity contribution in [3.05, 3.63) is 75.4 Å². The quantitative estimate of drug-likeness (QED) is 0.508. The van der Waals surface area contributed by atoms with Crippen molar-refractivity contribution in [3.8, 4) is 0 Å². The maximum Gasteiger partial charge on any atom is 0.336 e. The summed E-state index contributed by atoms with van der Waals surface area (Å²) in [5.74, 6) is 0. The number of rotatable bonds is 3. The molecule has 0 unspecified atom stereocenters. The molecule has 130 valence electrons. The number of pyridine rings is 1. The Hall–Kier alpha value is -2.13. The van der Waals surface area contributed by atoms with Crippen molar-refractivity contribution in [1.29, 1.82) is 0 Å². The fraction of sp³-hybridized carbons (Fsp3) is 0.333. The molecule has 0 aliphatic heterocycles. The maximum absolute atomic E-state index is 12.0. The smallest absolute Gasteiger partial charge is 0.336 e. The molecule has 0 saturated carbocycles. The minimum Gasteiger partial charge on any atom is -1.00 e. The molecule has 25 heavy (non-hydrogen) atoms. The van der Waals surface area contributed by atoms with Crippen LogP contribution in [0.3, 0.4) is 0 Å². The monoisotopic (exact) mass is 355 g/mol. The number of aromatic nitrogens is 1. The largest absolute Gasteiger partial charge is 1.00 e. The molecule has 2 heterocycles. The van der Waals surface area contributed by atoms with Gasteiger partial charge in [-0.3, -0.25) is 0 Å². The summed E-state index contributed by atoms with van der Waals surface area (Å²) in [5.41, 5.74) is 5.54. The summed E-state index contributed by atoms with van der Waals surface area (Å²) in [6, 6.07) is 10.0. The Labute approximate surface area is 153 Å². The van der Waals surface area contributed by atoms with E-state index in [1.165, 1.54) is 36.0 Å². The van der Waals surface area contributed by atoms with Crippen LogP contribution in [0.5, 0.6) is 0 Å². The van der Waals surface area contributed by atoms with Gasteiger partial charge in [0.15, 0.2) is 18.9 Å². The number of hydrogen-bond acceptors (Lipinski definition) is 2. The predicted molar refractivity (Wildman–Crippen MR) is 94.2 cm³/mol. The second-order valence-corrected chi connectivity index (χ2v) is 6.65. The predicted octanol–water partition coefficient (Wildman–Crippen LogP) is 0.574. The van der Waals surface area contributed by atoms with Crippen molar-refractivity contribution < 1.29 is 21.4 Å². The van der Waals surface area contributed by atoms with E-state index in [4.69, 9.17) is 4.42 Å². The van der Waals surface area contributed by atoms with E-state index >= 15 is 0 Å². The minimum atomic E-state index is -0.274. The van der Waals surface area contributed by atoms with E-state index in [0.29, 0.717) is 12.1 Å². The van der Waals surface area contributed by atoms with Gasteiger partial charge in [-0.2, -0.15) is 0 Å². The summed E-state index contributed by atoms with van der Waals surface area (Å²) in [5, 5.41) is 1.03. The summed E-state index contributed by atoms with van der Waals surface area (Å²) >= 11 is 0. The first-order valence-electron chi connectivity index (χ1n) is 8.79. The number of benzene rings is 1. The molecular weight excluding hydrogens is 334 g/mol. The van der Waals surface area contributed by atoms with Crippen LogP contribution in [0, 0.1) is 0 Å². The van der Waals surface area contributed by atoms with Gasteiger partial charge in [-0.15, -0.1) is 0 Å². The Bertz CT molecular complexity index is 962. The van der Waals surface area contributed by atoms with Crippen LogP contribution in [0.1, 0.15) is 42.0 Å². The van der Waals surface area contributed by atoms with E-state index < -0.39 is 0 Å². The fourth-order valence-corrected chi connectivity index (χ4v) is 3.64. The maximum atomic E-state index is 12.0. The van der Waals surface area contributed by atoms with Crippen LogP contribution in [-0.2, 0) is 25.8 Å². The molecule has 0 fully saturated rings. The lowest BCUT2D eigenvalue weighted by Crippen LogP contribution is -3.00. The van der Waals surface area contributed by atoms with Crippen LogP contribution in [0.25, 0.3) is 11.0 Å². The standard InChI is InChI=1S/C21H22NO2.ClH/c1-2-15-7-8-19-18(12-21(23)24-20(19)11-15)14-22-10-9-16-5-3-4-6-17(16)13-22;/h7-13H,2-6,14H2,1H3;1H/q+1;/p-1.